The maximum Gasteiger partial charge on any atom is 0.331 e. The van der Waals surface area contributed by atoms with E-state index in [1.54, 1.807) is 6.92 Å². The maximum absolute atomic E-state index is 13.1. The third-order valence-electron chi connectivity index (χ3n) is 9.10. The van der Waals surface area contributed by atoms with Gasteiger partial charge in [0.05, 0.1) is 12.7 Å². The molecule has 4 nitrogen and oxygen atoms in total. The van der Waals surface area contributed by atoms with Crippen molar-refractivity contribution in [2.45, 2.75) is 130 Å². The van der Waals surface area contributed by atoms with E-state index >= 15 is 0 Å². The molecule has 3 rings (SSSR count). The molecule has 230 valence electrons. The predicted octanol–water partition coefficient (Wildman–Crippen LogP) is 11.1. The van der Waals surface area contributed by atoms with Crippen LogP contribution in [0.2, 0.25) is 0 Å². The van der Waals surface area contributed by atoms with Gasteiger partial charge < -0.3 is 9.47 Å². The second-order valence-corrected chi connectivity index (χ2v) is 12.8. The number of unbranched alkanes of at least 4 members (excludes halogenated alkanes) is 9. The molecule has 0 amide bonds. The molecule has 4 heteroatoms. The minimum Gasteiger partial charge on any atom is -0.494 e. The lowest BCUT2D eigenvalue weighted by molar-refractivity contribution is -0.142. The number of carbonyl (C=O) groups is 1. The molecule has 2 aromatic carbocycles. The van der Waals surface area contributed by atoms with E-state index in [1.165, 1.54) is 83.5 Å². The monoisotopic (exact) mass is 573 g/mol. The fourth-order valence-electron chi connectivity index (χ4n) is 6.26. The summed E-state index contributed by atoms with van der Waals surface area (Å²) in [5.41, 5.74) is 1.00. The van der Waals surface area contributed by atoms with E-state index in [0.717, 1.165) is 48.7 Å². The molecular formula is C38H55NO3. The normalized spacial score (nSPS) is 18.1. The number of hydrogen-bond acceptors (Lipinski definition) is 4. The van der Waals surface area contributed by atoms with Crippen molar-refractivity contribution in [3.05, 3.63) is 48.5 Å². The average molecular weight is 574 g/mol. The van der Waals surface area contributed by atoms with Gasteiger partial charge in [-0.05, 0) is 67.0 Å². The minimum absolute atomic E-state index is 0.415. The largest absolute Gasteiger partial charge is 0.494 e. The Morgan fingerprint density at radius 2 is 1.24 bits per heavy atom. The third kappa shape index (κ3) is 11.5. The van der Waals surface area contributed by atoms with Gasteiger partial charge in [-0.15, -0.1) is 0 Å². The van der Waals surface area contributed by atoms with Crippen LogP contribution in [0.4, 0.5) is 0 Å². The summed E-state index contributed by atoms with van der Waals surface area (Å²) < 4.78 is 11.6. The molecule has 2 aromatic rings. The Morgan fingerprint density at radius 3 is 1.81 bits per heavy atom. The summed E-state index contributed by atoms with van der Waals surface area (Å²) in [5.74, 6) is 2.16. The smallest absolute Gasteiger partial charge is 0.331 e. The van der Waals surface area contributed by atoms with Crippen molar-refractivity contribution in [2.24, 2.45) is 17.3 Å². The summed E-state index contributed by atoms with van der Waals surface area (Å²) >= 11 is 0. The summed E-state index contributed by atoms with van der Waals surface area (Å²) in [6, 6.07) is 18.0. The highest BCUT2D eigenvalue weighted by Crippen LogP contribution is 2.39. The summed E-state index contributed by atoms with van der Waals surface area (Å²) in [6.45, 7) is 7.01. The van der Waals surface area contributed by atoms with Gasteiger partial charge in [0.15, 0.2) is 5.41 Å². The Bertz CT molecular complexity index is 1060. The van der Waals surface area contributed by atoms with E-state index in [4.69, 9.17) is 9.47 Å². The van der Waals surface area contributed by atoms with Crippen molar-refractivity contribution >= 4 is 5.97 Å². The van der Waals surface area contributed by atoms with Gasteiger partial charge in [-0.25, -0.2) is 4.79 Å². The first-order valence-electron chi connectivity index (χ1n) is 16.9. The minimum atomic E-state index is -1.12. The van der Waals surface area contributed by atoms with Crippen LogP contribution in [0.25, 0.3) is 11.1 Å². The fraction of sp³-hybridized carbons (Fsp3) is 0.632. The van der Waals surface area contributed by atoms with Crippen LogP contribution in [0.1, 0.15) is 130 Å². The van der Waals surface area contributed by atoms with Crippen LogP contribution in [0.5, 0.6) is 11.5 Å². The second kappa shape index (κ2) is 18.7. The first-order chi connectivity index (χ1) is 20.5. The van der Waals surface area contributed by atoms with Crippen LogP contribution in [-0.2, 0) is 4.79 Å². The lowest BCUT2D eigenvalue weighted by atomic mass is 9.72. The van der Waals surface area contributed by atoms with Gasteiger partial charge in [0.2, 0.25) is 0 Å². The van der Waals surface area contributed by atoms with Crippen molar-refractivity contribution < 1.29 is 14.3 Å². The van der Waals surface area contributed by atoms with Crippen molar-refractivity contribution in [3.8, 4) is 28.7 Å². The van der Waals surface area contributed by atoms with Gasteiger partial charge >= 0.3 is 5.97 Å². The Balaban J connectivity index is 1.42. The van der Waals surface area contributed by atoms with E-state index in [2.05, 4.69) is 32.0 Å². The van der Waals surface area contributed by atoms with Gasteiger partial charge in [-0.1, -0.05) is 134 Å². The molecule has 0 radical (unpaired) electrons. The molecule has 1 saturated carbocycles. The van der Waals surface area contributed by atoms with Crippen LogP contribution in [0, 0.1) is 28.6 Å². The molecule has 0 aliphatic heterocycles. The van der Waals surface area contributed by atoms with Gasteiger partial charge in [0, 0.05) is 0 Å². The predicted molar refractivity (Wildman–Crippen MR) is 174 cm³/mol. The highest BCUT2D eigenvalue weighted by Gasteiger charge is 2.39. The maximum atomic E-state index is 13.1. The molecule has 1 atom stereocenters. The molecule has 0 N–H and O–H groups in total. The quantitative estimate of drug-likeness (QED) is 0.0952. The standard InChI is InChI=1S/C38H55NO3/c1-4-6-8-10-12-14-28-41-35-24-20-33(21-25-35)34-22-26-36(27-23-34)42-37(40)38(3,30-39)29-32-18-16-31(17-19-32)15-13-11-9-7-5-2/h20-27,31-32H,4-19,28-29H2,1-3H3. The highest BCUT2D eigenvalue weighted by atomic mass is 16.5. The number of nitriles is 1. The molecule has 1 fully saturated rings. The number of esters is 1. The SMILES string of the molecule is CCCCCCCCOc1ccc(-c2ccc(OC(=O)C(C)(C#N)CC3CCC(CCCCCCC)CC3)cc2)cc1. The van der Waals surface area contributed by atoms with E-state index < -0.39 is 11.4 Å². The first kappa shape index (κ1) is 33.7. The van der Waals surface area contributed by atoms with Crippen LogP contribution in [-0.4, -0.2) is 12.6 Å². The Hall–Kier alpha value is -2.80. The van der Waals surface area contributed by atoms with E-state index in [-0.39, 0.29) is 0 Å². The second-order valence-electron chi connectivity index (χ2n) is 12.8. The van der Waals surface area contributed by atoms with Crippen LogP contribution in [0.15, 0.2) is 48.5 Å². The van der Waals surface area contributed by atoms with Gasteiger partial charge in [0.25, 0.3) is 0 Å². The summed E-state index contributed by atoms with van der Waals surface area (Å²) in [6.07, 6.45) is 20.8. The number of rotatable bonds is 19. The summed E-state index contributed by atoms with van der Waals surface area (Å²) in [7, 11) is 0. The van der Waals surface area contributed by atoms with E-state index in [9.17, 15) is 10.1 Å². The molecular weight excluding hydrogens is 518 g/mol. The molecule has 1 aliphatic rings. The highest BCUT2D eigenvalue weighted by molar-refractivity contribution is 5.82. The lowest BCUT2D eigenvalue weighted by Crippen LogP contribution is -2.33. The topological polar surface area (TPSA) is 59.3 Å². The number of hydrogen-bond donors (Lipinski definition) is 0. The molecule has 1 unspecified atom stereocenters. The summed E-state index contributed by atoms with van der Waals surface area (Å²) in [5, 5.41) is 9.97. The zero-order valence-corrected chi connectivity index (χ0v) is 26.7. The molecule has 0 aromatic heterocycles. The van der Waals surface area contributed by atoms with Crippen molar-refractivity contribution in [3.63, 3.8) is 0 Å². The Labute approximate surface area is 256 Å². The zero-order valence-electron chi connectivity index (χ0n) is 26.7. The van der Waals surface area contributed by atoms with Gasteiger partial charge in [-0.3, -0.25) is 0 Å². The van der Waals surface area contributed by atoms with Crippen molar-refractivity contribution in [1.82, 2.24) is 0 Å². The van der Waals surface area contributed by atoms with Crippen LogP contribution in [0.3, 0.4) is 0 Å². The van der Waals surface area contributed by atoms with E-state index in [1.807, 2.05) is 36.4 Å². The molecule has 1 aliphatic carbocycles. The molecule has 0 spiro atoms. The van der Waals surface area contributed by atoms with Crippen molar-refractivity contribution in [2.75, 3.05) is 6.61 Å². The molecule has 0 heterocycles. The number of carbonyl (C=O) groups excluding carboxylic acids is 1. The third-order valence-corrected chi connectivity index (χ3v) is 9.10. The number of ether oxygens (including phenoxy) is 2. The van der Waals surface area contributed by atoms with Gasteiger partial charge in [0.1, 0.15) is 11.5 Å². The molecule has 0 bridgehead atoms. The fourth-order valence-corrected chi connectivity index (χ4v) is 6.26. The Kier molecular flexibility index (Phi) is 15.0. The Morgan fingerprint density at radius 1 is 0.738 bits per heavy atom. The lowest BCUT2D eigenvalue weighted by Gasteiger charge is -2.32. The summed E-state index contributed by atoms with van der Waals surface area (Å²) in [4.78, 5) is 13.1. The van der Waals surface area contributed by atoms with E-state index in [0.29, 0.717) is 18.1 Å². The van der Waals surface area contributed by atoms with Crippen molar-refractivity contribution in [1.29, 1.82) is 5.26 Å². The number of nitrogens with zero attached hydrogens (tertiary/aromatic N) is 1. The first-order valence-corrected chi connectivity index (χ1v) is 16.9. The molecule has 0 saturated heterocycles. The molecule has 42 heavy (non-hydrogen) atoms. The van der Waals surface area contributed by atoms with Gasteiger partial charge in [-0.2, -0.15) is 5.26 Å². The average Bonchev–Trinajstić information content (AvgIpc) is 3.02. The van der Waals surface area contributed by atoms with Crippen LogP contribution < -0.4 is 9.47 Å². The zero-order chi connectivity index (χ0) is 30.0. The van der Waals surface area contributed by atoms with Crippen LogP contribution >= 0.6 is 0 Å². The number of benzene rings is 2.